The monoisotopic (exact) mass is 599 g/mol. The van der Waals surface area contributed by atoms with E-state index in [1.165, 1.54) is 8.61 Å². The molecule has 41 heavy (non-hydrogen) atoms. The fraction of sp³-hybridized carbons (Fsp3) is 0.400. The van der Waals surface area contributed by atoms with E-state index in [1.54, 1.807) is 0 Å². The summed E-state index contributed by atoms with van der Waals surface area (Å²) < 4.78 is 58.1. The molecule has 2 aliphatic heterocycles. The molecule has 3 aromatic carbocycles. The summed E-state index contributed by atoms with van der Waals surface area (Å²) in [6, 6.07) is 24.7. The van der Waals surface area contributed by atoms with Crippen molar-refractivity contribution in [3.63, 3.8) is 0 Å². The molecular formula is C30H37N3O6S2. The number of para-hydroxylation sites is 1. The summed E-state index contributed by atoms with van der Waals surface area (Å²) in [5.41, 5.74) is 3.39. The quantitative estimate of drug-likeness (QED) is 0.307. The molecule has 11 heteroatoms. The second kappa shape index (κ2) is 12.8. The van der Waals surface area contributed by atoms with Gasteiger partial charge in [0.2, 0.25) is 20.0 Å². The van der Waals surface area contributed by atoms with Crippen molar-refractivity contribution in [1.82, 2.24) is 5.32 Å². The Bertz CT molecular complexity index is 1410. The first-order valence-electron chi connectivity index (χ1n) is 14.0. The number of hydrogen-bond donors (Lipinski definition) is 2. The Balaban J connectivity index is 1.27. The van der Waals surface area contributed by atoms with Gasteiger partial charge in [0.1, 0.15) is 18.5 Å². The fourth-order valence-electron chi connectivity index (χ4n) is 5.41. The molecule has 0 aliphatic carbocycles. The molecule has 220 valence electrons. The fourth-order valence-corrected chi connectivity index (χ4v) is 8.54. The van der Waals surface area contributed by atoms with Crippen LogP contribution in [-0.2, 0) is 20.0 Å². The summed E-state index contributed by atoms with van der Waals surface area (Å²) in [5.74, 6) is 1.03. The molecule has 0 radical (unpaired) electrons. The summed E-state index contributed by atoms with van der Waals surface area (Å²) in [6.45, 7) is 2.16. The Morgan fingerprint density at radius 3 is 1.73 bits per heavy atom. The molecule has 0 aromatic heterocycles. The van der Waals surface area contributed by atoms with E-state index in [9.17, 15) is 21.9 Å². The topological polar surface area (TPSA) is 116 Å². The summed E-state index contributed by atoms with van der Waals surface area (Å²) in [5, 5.41) is 13.7. The van der Waals surface area contributed by atoms with Crippen LogP contribution in [0.1, 0.15) is 36.3 Å². The van der Waals surface area contributed by atoms with Crippen LogP contribution in [0.2, 0.25) is 0 Å². The Morgan fingerprint density at radius 1 is 0.756 bits per heavy atom. The molecule has 3 aromatic rings. The highest BCUT2D eigenvalue weighted by Crippen LogP contribution is 2.33. The van der Waals surface area contributed by atoms with E-state index in [-0.39, 0.29) is 24.0 Å². The predicted molar refractivity (Wildman–Crippen MR) is 162 cm³/mol. The van der Waals surface area contributed by atoms with Crippen LogP contribution in [0.15, 0.2) is 78.9 Å². The Labute approximate surface area is 242 Å². The second-order valence-corrected chi connectivity index (χ2v) is 14.5. The van der Waals surface area contributed by atoms with E-state index in [1.807, 2.05) is 78.9 Å². The average molecular weight is 600 g/mol. The zero-order valence-electron chi connectivity index (χ0n) is 22.9. The Hall–Kier alpha value is -3.12. The van der Waals surface area contributed by atoms with Crippen LogP contribution in [0.4, 0.5) is 11.4 Å². The molecule has 2 saturated heterocycles. The first-order valence-corrected chi connectivity index (χ1v) is 17.2. The van der Waals surface area contributed by atoms with Crippen molar-refractivity contribution in [1.29, 1.82) is 0 Å². The molecule has 0 bridgehead atoms. The Kier molecular flexibility index (Phi) is 9.18. The number of nitrogens with one attached hydrogen (secondary N) is 1. The number of rotatable bonds is 12. The average Bonchev–Trinajstić information content (AvgIpc) is 3.52. The zero-order chi connectivity index (χ0) is 28.9. The number of ether oxygens (including phenoxy) is 1. The highest BCUT2D eigenvalue weighted by atomic mass is 32.2. The van der Waals surface area contributed by atoms with Crippen LogP contribution in [0, 0.1) is 0 Å². The summed E-state index contributed by atoms with van der Waals surface area (Å²) in [6.07, 6.45) is 1.30. The lowest BCUT2D eigenvalue weighted by Crippen LogP contribution is -2.32. The molecule has 0 amide bonds. The van der Waals surface area contributed by atoms with Crippen molar-refractivity contribution in [3.05, 3.63) is 90.0 Å². The first kappa shape index (κ1) is 29.4. The van der Waals surface area contributed by atoms with E-state index in [0.29, 0.717) is 56.1 Å². The maximum Gasteiger partial charge on any atom is 0.235 e. The number of aliphatic hydroxyl groups excluding tert-OH is 1. The van der Waals surface area contributed by atoms with E-state index in [0.717, 1.165) is 17.5 Å². The van der Waals surface area contributed by atoms with Crippen molar-refractivity contribution in [2.75, 3.05) is 52.9 Å². The molecule has 2 aliphatic rings. The van der Waals surface area contributed by atoms with E-state index in [2.05, 4.69) is 5.32 Å². The molecule has 9 nitrogen and oxygen atoms in total. The lowest BCUT2D eigenvalue weighted by atomic mass is 9.88. The zero-order valence-corrected chi connectivity index (χ0v) is 24.6. The van der Waals surface area contributed by atoms with Crippen LogP contribution in [0.3, 0.4) is 0 Å². The van der Waals surface area contributed by atoms with Gasteiger partial charge in [-0.15, -0.1) is 0 Å². The van der Waals surface area contributed by atoms with Crippen molar-refractivity contribution >= 4 is 31.4 Å². The standard InChI is InChI=1S/C30H37N3O6S2/c34-28(23-39-29-6-2-1-3-7-29)22-31-17-16-30(24-8-12-26(13-9-24)32-18-4-20-40(32,35)36)25-10-14-27(15-11-25)33-19-5-21-41(33,37)38/h1-3,6-15,28,30-31,34H,4-5,16-23H2. The van der Waals surface area contributed by atoms with Crippen LogP contribution in [0.5, 0.6) is 5.75 Å². The minimum atomic E-state index is -3.26. The maximum absolute atomic E-state index is 12.4. The SMILES string of the molecule is O=S1(=O)CCCN1c1ccc(C(CCNCC(O)COc2ccccc2)c2ccc(N3CCCS3(=O)=O)cc2)cc1. The summed E-state index contributed by atoms with van der Waals surface area (Å²) >= 11 is 0. The largest absolute Gasteiger partial charge is 0.491 e. The van der Waals surface area contributed by atoms with Gasteiger partial charge >= 0.3 is 0 Å². The third kappa shape index (κ3) is 7.21. The molecule has 0 saturated carbocycles. The number of benzene rings is 3. The molecule has 0 spiro atoms. The van der Waals surface area contributed by atoms with Crippen molar-refractivity contribution in [2.24, 2.45) is 0 Å². The van der Waals surface area contributed by atoms with Gasteiger partial charge in [-0.3, -0.25) is 8.61 Å². The third-order valence-electron chi connectivity index (χ3n) is 7.54. The van der Waals surface area contributed by atoms with Gasteiger partial charge < -0.3 is 15.2 Å². The van der Waals surface area contributed by atoms with Crippen LogP contribution in [0.25, 0.3) is 0 Å². The van der Waals surface area contributed by atoms with Crippen molar-refractivity contribution in [2.45, 2.75) is 31.3 Å². The predicted octanol–water partition coefficient (Wildman–Crippen LogP) is 3.32. The Morgan fingerprint density at radius 2 is 1.27 bits per heavy atom. The van der Waals surface area contributed by atoms with Gasteiger partial charge in [-0.2, -0.15) is 0 Å². The molecular weight excluding hydrogens is 562 g/mol. The van der Waals surface area contributed by atoms with Crippen molar-refractivity contribution < 1.29 is 26.7 Å². The van der Waals surface area contributed by atoms with Crippen LogP contribution in [-0.4, -0.2) is 72.3 Å². The molecule has 2 heterocycles. The molecule has 5 rings (SSSR count). The number of sulfonamides is 2. The van der Waals surface area contributed by atoms with Gasteiger partial charge in [0, 0.05) is 25.6 Å². The number of aliphatic hydroxyl groups is 1. The highest BCUT2D eigenvalue weighted by Gasteiger charge is 2.30. The molecule has 2 fully saturated rings. The van der Waals surface area contributed by atoms with Gasteiger partial charge in [-0.25, -0.2) is 16.8 Å². The van der Waals surface area contributed by atoms with Gasteiger partial charge in [0.25, 0.3) is 0 Å². The smallest absolute Gasteiger partial charge is 0.235 e. The molecule has 1 unspecified atom stereocenters. The summed E-state index contributed by atoms with van der Waals surface area (Å²) in [7, 11) is -6.52. The highest BCUT2D eigenvalue weighted by molar-refractivity contribution is 7.93. The van der Waals surface area contributed by atoms with Crippen molar-refractivity contribution in [3.8, 4) is 5.75 Å². The lowest BCUT2D eigenvalue weighted by molar-refractivity contribution is 0.106. The van der Waals surface area contributed by atoms with E-state index < -0.39 is 26.2 Å². The lowest BCUT2D eigenvalue weighted by Gasteiger charge is -2.23. The van der Waals surface area contributed by atoms with Gasteiger partial charge in [-0.1, -0.05) is 42.5 Å². The van der Waals surface area contributed by atoms with Gasteiger partial charge in [0.15, 0.2) is 0 Å². The number of nitrogens with zero attached hydrogens (tertiary/aromatic N) is 2. The van der Waals surface area contributed by atoms with Gasteiger partial charge in [-0.05, 0) is 73.3 Å². The van der Waals surface area contributed by atoms with E-state index >= 15 is 0 Å². The maximum atomic E-state index is 12.4. The number of anilines is 2. The van der Waals surface area contributed by atoms with Crippen LogP contribution < -0.4 is 18.7 Å². The minimum absolute atomic E-state index is 0.0197. The first-order chi connectivity index (χ1) is 19.7. The third-order valence-corrected chi connectivity index (χ3v) is 11.3. The molecule has 2 N–H and O–H groups in total. The normalized spacial score (nSPS) is 18.6. The van der Waals surface area contributed by atoms with E-state index in [4.69, 9.17) is 4.74 Å². The summed E-state index contributed by atoms with van der Waals surface area (Å²) in [4.78, 5) is 0. The second-order valence-electron chi connectivity index (χ2n) is 10.5. The van der Waals surface area contributed by atoms with Crippen LogP contribution >= 0.6 is 0 Å². The minimum Gasteiger partial charge on any atom is -0.491 e. The number of hydrogen-bond acceptors (Lipinski definition) is 7. The van der Waals surface area contributed by atoms with Gasteiger partial charge in [0.05, 0.1) is 22.9 Å². The molecule has 1 atom stereocenters.